The molecule has 0 bridgehead atoms. The van der Waals surface area contributed by atoms with E-state index in [2.05, 4.69) is 15.9 Å². The normalized spacial score (nSPS) is 14.4. The Kier molecular flexibility index (Phi) is 4.80. The van der Waals surface area contributed by atoms with E-state index in [1.165, 1.54) is 5.32 Å². The molecule has 110 valence electrons. The first-order valence-electron chi connectivity index (χ1n) is 5.42. The van der Waals surface area contributed by atoms with Crippen LogP contribution in [-0.4, -0.2) is 28.7 Å². The molecule has 1 rings (SSSR count). The predicted octanol–water partition coefficient (Wildman–Crippen LogP) is 2.51. The summed E-state index contributed by atoms with van der Waals surface area (Å²) in [6.45, 7) is 1.03. The molecule has 8 heteroatoms. The van der Waals surface area contributed by atoms with Crippen molar-refractivity contribution >= 4 is 27.8 Å². The second kappa shape index (κ2) is 5.82. The summed E-state index contributed by atoms with van der Waals surface area (Å²) in [4.78, 5) is 22.2. The Balaban J connectivity index is 3.02. The number of carbonyl (C=O) groups is 2. The van der Waals surface area contributed by atoms with Gasteiger partial charge in [0.2, 0.25) is 0 Å². The first-order valence-corrected chi connectivity index (χ1v) is 6.22. The van der Waals surface area contributed by atoms with E-state index in [1.807, 2.05) is 0 Å². The standard InChI is InChI=1S/C12H11BrF3NO3/c1-11(10(19)20,17-9(18)12(14,15)16)6-7-4-2-3-5-8(7)13/h2-5H,6H2,1H3,(H,17,18)(H,19,20). The van der Waals surface area contributed by atoms with E-state index in [0.29, 0.717) is 10.0 Å². The molecule has 1 aromatic rings. The van der Waals surface area contributed by atoms with Crippen LogP contribution in [0.15, 0.2) is 28.7 Å². The SMILES string of the molecule is CC(Cc1ccccc1Br)(NC(=O)C(F)(F)F)C(=O)O. The third kappa shape index (κ3) is 3.96. The zero-order valence-corrected chi connectivity index (χ0v) is 11.9. The Bertz CT molecular complexity index is 533. The predicted molar refractivity (Wildman–Crippen MR) is 68.1 cm³/mol. The molecule has 0 aliphatic heterocycles. The molecule has 0 spiro atoms. The van der Waals surface area contributed by atoms with Crippen molar-refractivity contribution in [3.63, 3.8) is 0 Å². The van der Waals surface area contributed by atoms with Crippen LogP contribution in [0.2, 0.25) is 0 Å². The Labute approximate surface area is 121 Å². The van der Waals surface area contributed by atoms with Gasteiger partial charge in [0, 0.05) is 10.9 Å². The fourth-order valence-corrected chi connectivity index (χ4v) is 1.94. The van der Waals surface area contributed by atoms with Crippen LogP contribution in [0, 0.1) is 0 Å². The van der Waals surface area contributed by atoms with E-state index in [-0.39, 0.29) is 6.42 Å². The number of hydrogen-bond donors (Lipinski definition) is 2. The average Bonchev–Trinajstić information content (AvgIpc) is 2.30. The summed E-state index contributed by atoms with van der Waals surface area (Å²) in [5, 5.41) is 10.6. The smallest absolute Gasteiger partial charge is 0.471 e. The van der Waals surface area contributed by atoms with Crippen molar-refractivity contribution in [2.75, 3.05) is 0 Å². The van der Waals surface area contributed by atoms with Crippen LogP contribution >= 0.6 is 15.9 Å². The monoisotopic (exact) mass is 353 g/mol. The van der Waals surface area contributed by atoms with Gasteiger partial charge in [0.05, 0.1) is 0 Å². The van der Waals surface area contributed by atoms with Crippen molar-refractivity contribution in [2.24, 2.45) is 0 Å². The number of carboxylic acid groups (broad SMARTS) is 1. The molecule has 0 aliphatic rings. The molecule has 0 fully saturated rings. The summed E-state index contributed by atoms with van der Waals surface area (Å²) in [6.07, 6.45) is -5.42. The molecule has 0 aromatic heterocycles. The first kappa shape index (κ1) is 16.5. The van der Waals surface area contributed by atoms with Gasteiger partial charge in [-0.2, -0.15) is 13.2 Å². The minimum Gasteiger partial charge on any atom is -0.480 e. The van der Waals surface area contributed by atoms with Crippen LogP contribution in [-0.2, 0) is 16.0 Å². The summed E-state index contributed by atoms with van der Waals surface area (Å²) in [5.74, 6) is -3.83. The van der Waals surface area contributed by atoms with Gasteiger partial charge in [0.1, 0.15) is 5.54 Å². The van der Waals surface area contributed by atoms with Gasteiger partial charge in [-0.1, -0.05) is 34.1 Å². The average molecular weight is 354 g/mol. The highest BCUT2D eigenvalue weighted by Gasteiger charge is 2.45. The number of nitrogens with one attached hydrogen (secondary N) is 1. The maximum Gasteiger partial charge on any atom is 0.471 e. The minimum atomic E-state index is -5.13. The lowest BCUT2D eigenvalue weighted by atomic mass is 9.92. The van der Waals surface area contributed by atoms with Gasteiger partial charge in [0.15, 0.2) is 0 Å². The summed E-state index contributed by atoms with van der Waals surface area (Å²) >= 11 is 3.18. The third-order valence-corrected chi connectivity index (χ3v) is 3.39. The molecule has 4 nitrogen and oxygen atoms in total. The Morgan fingerprint density at radius 3 is 2.30 bits per heavy atom. The van der Waals surface area contributed by atoms with Crippen LogP contribution in [0.25, 0.3) is 0 Å². The quantitative estimate of drug-likeness (QED) is 0.873. The van der Waals surface area contributed by atoms with Crippen LogP contribution in [0.4, 0.5) is 13.2 Å². The van der Waals surface area contributed by atoms with E-state index in [0.717, 1.165) is 6.92 Å². The fraction of sp³-hybridized carbons (Fsp3) is 0.333. The van der Waals surface area contributed by atoms with Crippen molar-refractivity contribution in [1.82, 2.24) is 5.32 Å². The summed E-state index contributed by atoms with van der Waals surface area (Å²) < 4.78 is 37.3. The zero-order chi connectivity index (χ0) is 15.6. The van der Waals surface area contributed by atoms with Crippen LogP contribution in [0.3, 0.4) is 0 Å². The number of halogens is 4. The summed E-state index contributed by atoms with van der Waals surface area (Å²) in [6, 6.07) is 6.49. The van der Waals surface area contributed by atoms with E-state index >= 15 is 0 Å². The molecule has 0 saturated carbocycles. The van der Waals surface area contributed by atoms with E-state index in [9.17, 15) is 22.8 Å². The topological polar surface area (TPSA) is 66.4 Å². The number of aliphatic carboxylic acids is 1. The maximum absolute atomic E-state index is 12.2. The fourth-order valence-electron chi connectivity index (χ4n) is 1.52. The van der Waals surface area contributed by atoms with Crippen molar-refractivity contribution in [3.8, 4) is 0 Å². The van der Waals surface area contributed by atoms with Gasteiger partial charge in [-0.15, -0.1) is 0 Å². The number of carbonyl (C=O) groups excluding carboxylic acids is 1. The van der Waals surface area contributed by atoms with Crippen LogP contribution in [0.1, 0.15) is 12.5 Å². The third-order valence-electron chi connectivity index (χ3n) is 2.62. The lowest BCUT2D eigenvalue weighted by molar-refractivity contribution is -0.177. The van der Waals surface area contributed by atoms with E-state index in [4.69, 9.17) is 5.11 Å². The lowest BCUT2D eigenvalue weighted by Crippen LogP contribution is -2.57. The Hall–Kier alpha value is -1.57. The lowest BCUT2D eigenvalue weighted by Gasteiger charge is -2.27. The van der Waals surface area contributed by atoms with Crippen molar-refractivity contribution < 1.29 is 27.9 Å². The highest BCUT2D eigenvalue weighted by Crippen LogP contribution is 2.23. The number of benzene rings is 1. The molecule has 1 amide bonds. The molecule has 1 atom stereocenters. The second-order valence-corrected chi connectivity index (χ2v) is 5.21. The number of amides is 1. The van der Waals surface area contributed by atoms with Gasteiger partial charge < -0.3 is 10.4 Å². The summed E-state index contributed by atoms with van der Waals surface area (Å²) in [7, 11) is 0. The number of hydrogen-bond acceptors (Lipinski definition) is 2. The molecule has 0 heterocycles. The molecule has 20 heavy (non-hydrogen) atoms. The van der Waals surface area contributed by atoms with E-state index < -0.39 is 23.6 Å². The van der Waals surface area contributed by atoms with Crippen molar-refractivity contribution in [3.05, 3.63) is 34.3 Å². The van der Waals surface area contributed by atoms with Crippen molar-refractivity contribution in [1.29, 1.82) is 0 Å². The largest absolute Gasteiger partial charge is 0.480 e. The van der Waals surface area contributed by atoms with Crippen LogP contribution in [0.5, 0.6) is 0 Å². The Morgan fingerprint density at radius 2 is 1.85 bits per heavy atom. The molecule has 0 saturated heterocycles. The highest BCUT2D eigenvalue weighted by molar-refractivity contribution is 9.10. The van der Waals surface area contributed by atoms with Crippen LogP contribution < -0.4 is 5.32 Å². The van der Waals surface area contributed by atoms with Crippen molar-refractivity contribution in [2.45, 2.75) is 25.1 Å². The molecule has 0 aliphatic carbocycles. The first-order chi connectivity index (χ1) is 9.06. The molecule has 1 aromatic carbocycles. The molecule has 0 radical (unpaired) electrons. The zero-order valence-electron chi connectivity index (χ0n) is 10.3. The number of rotatable bonds is 4. The molecular formula is C12H11BrF3NO3. The molecular weight excluding hydrogens is 343 g/mol. The van der Waals surface area contributed by atoms with Gasteiger partial charge in [-0.3, -0.25) is 4.79 Å². The summed E-state index contributed by atoms with van der Waals surface area (Å²) in [5.41, 5.74) is -1.59. The van der Waals surface area contributed by atoms with E-state index in [1.54, 1.807) is 24.3 Å². The second-order valence-electron chi connectivity index (χ2n) is 4.36. The minimum absolute atomic E-state index is 0.286. The highest BCUT2D eigenvalue weighted by atomic mass is 79.9. The van der Waals surface area contributed by atoms with Gasteiger partial charge in [0.25, 0.3) is 0 Å². The number of carboxylic acids is 1. The van der Waals surface area contributed by atoms with Gasteiger partial charge >= 0.3 is 18.1 Å². The van der Waals surface area contributed by atoms with Gasteiger partial charge in [-0.05, 0) is 18.6 Å². The molecule has 2 N–H and O–H groups in total. The Morgan fingerprint density at radius 1 is 1.30 bits per heavy atom. The van der Waals surface area contributed by atoms with Gasteiger partial charge in [-0.25, -0.2) is 4.79 Å². The molecule has 1 unspecified atom stereocenters. The number of alkyl halides is 3. The maximum atomic E-state index is 12.2.